The van der Waals surface area contributed by atoms with E-state index in [1.54, 1.807) is 13.2 Å². The zero-order valence-corrected chi connectivity index (χ0v) is 10.8. The van der Waals surface area contributed by atoms with E-state index in [-0.39, 0.29) is 5.41 Å². The lowest BCUT2D eigenvalue weighted by Gasteiger charge is -2.23. The SMILES string of the molecule is COc1ccc(NCC(C)(C)CN)c(Cl)c1. The second-order valence-corrected chi connectivity index (χ2v) is 4.97. The molecule has 0 saturated carbocycles. The van der Waals surface area contributed by atoms with Gasteiger partial charge >= 0.3 is 0 Å². The van der Waals surface area contributed by atoms with Gasteiger partial charge in [-0.2, -0.15) is 0 Å². The highest BCUT2D eigenvalue weighted by molar-refractivity contribution is 6.33. The monoisotopic (exact) mass is 242 g/mol. The fourth-order valence-electron chi connectivity index (χ4n) is 1.17. The van der Waals surface area contributed by atoms with Gasteiger partial charge in [0.05, 0.1) is 17.8 Å². The molecule has 0 atom stereocenters. The molecule has 0 aliphatic rings. The minimum atomic E-state index is 0.0588. The first-order valence-electron chi connectivity index (χ1n) is 5.26. The summed E-state index contributed by atoms with van der Waals surface area (Å²) in [6, 6.07) is 5.58. The Morgan fingerprint density at radius 3 is 2.62 bits per heavy atom. The molecule has 0 aromatic heterocycles. The fraction of sp³-hybridized carbons (Fsp3) is 0.500. The van der Waals surface area contributed by atoms with Gasteiger partial charge in [0.2, 0.25) is 0 Å². The first-order valence-corrected chi connectivity index (χ1v) is 5.64. The molecule has 0 amide bonds. The quantitative estimate of drug-likeness (QED) is 0.835. The van der Waals surface area contributed by atoms with Crippen LogP contribution in [0.25, 0.3) is 0 Å². The molecular formula is C12H19ClN2O. The average Bonchev–Trinajstić information content (AvgIpc) is 2.27. The summed E-state index contributed by atoms with van der Waals surface area (Å²) in [7, 11) is 1.62. The van der Waals surface area contributed by atoms with Crippen molar-refractivity contribution >= 4 is 17.3 Å². The van der Waals surface area contributed by atoms with Gasteiger partial charge in [-0.05, 0) is 24.1 Å². The molecule has 3 nitrogen and oxygen atoms in total. The summed E-state index contributed by atoms with van der Waals surface area (Å²) in [5.41, 5.74) is 6.63. The molecule has 0 fully saturated rings. The molecule has 0 unspecified atom stereocenters. The van der Waals surface area contributed by atoms with E-state index < -0.39 is 0 Å². The van der Waals surface area contributed by atoms with Crippen LogP contribution in [0.1, 0.15) is 13.8 Å². The maximum atomic E-state index is 6.11. The van der Waals surface area contributed by atoms with Gasteiger partial charge in [-0.1, -0.05) is 25.4 Å². The van der Waals surface area contributed by atoms with Gasteiger partial charge in [0.15, 0.2) is 0 Å². The molecule has 1 aromatic carbocycles. The zero-order chi connectivity index (χ0) is 12.2. The van der Waals surface area contributed by atoms with Crippen molar-refractivity contribution in [1.29, 1.82) is 0 Å². The van der Waals surface area contributed by atoms with E-state index in [0.29, 0.717) is 11.6 Å². The van der Waals surface area contributed by atoms with Crippen LogP contribution in [0.15, 0.2) is 18.2 Å². The highest BCUT2D eigenvalue weighted by Gasteiger charge is 2.15. The normalized spacial score (nSPS) is 11.3. The Labute approximate surface area is 102 Å². The number of rotatable bonds is 5. The fourth-order valence-corrected chi connectivity index (χ4v) is 1.41. The first kappa shape index (κ1) is 13.1. The van der Waals surface area contributed by atoms with Gasteiger partial charge in [-0.25, -0.2) is 0 Å². The number of methoxy groups -OCH3 is 1. The Bertz CT molecular complexity index is 353. The number of anilines is 1. The maximum Gasteiger partial charge on any atom is 0.120 e. The molecule has 16 heavy (non-hydrogen) atoms. The van der Waals surface area contributed by atoms with Crippen LogP contribution in [-0.4, -0.2) is 20.2 Å². The lowest BCUT2D eigenvalue weighted by Crippen LogP contribution is -2.31. The summed E-state index contributed by atoms with van der Waals surface area (Å²) >= 11 is 6.11. The number of hydrogen-bond acceptors (Lipinski definition) is 3. The van der Waals surface area contributed by atoms with Crippen molar-refractivity contribution in [1.82, 2.24) is 0 Å². The standard InChI is InChI=1S/C12H19ClN2O/c1-12(2,7-14)8-15-11-5-4-9(16-3)6-10(11)13/h4-6,15H,7-8,14H2,1-3H3. The largest absolute Gasteiger partial charge is 0.497 e. The third kappa shape index (κ3) is 3.58. The molecule has 0 aliphatic carbocycles. The molecule has 0 radical (unpaired) electrons. The van der Waals surface area contributed by atoms with Crippen molar-refractivity contribution in [3.63, 3.8) is 0 Å². The van der Waals surface area contributed by atoms with Crippen molar-refractivity contribution in [2.45, 2.75) is 13.8 Å². The van der Waals surface area contributed by atoms with Crippen molar-refractivity contribution in [3.05, 3.63) is 23.2 Å². The van der Waals surface area contributed by atoms with Crippen LogP contribution in [0.2, 0.25) is 5.02 Å². The summed E-state index contributed by atoms with van der Waals surface area (Å²) < 4.78 is 5.08. The smallest absolute Gasteiger partial charge is 0.120 e. The summed E-state index contributed by atoms with van der Waals surface area (Å²) in [6.07, 6.45) is 0. The Kier molecular flexibility index (Phi) is 4.44. The number of benzene rings is 1. The number of nitrogens with one attached hydrogen (secondary N) is 1. The average molecular weight is 243 g/mol. The molecule has 0 heterocycles. The molecule has 0 bridgehead atoms. The first-order chi connectivity index (χ1) is 7.48. The molecule has 0 saturated heterocycles. The molecular weight excluding hydrogens is 224 g/mol. The maximum absolute atomic E-state index is 6.11. The van der Waals surface area contributed by atoms with Crippen molar-refractivity contribution in [2.75, 3.05) is 25.5 Å². The van der Waals surface area contributed by atoms with E-state index >= 15 is 0 Å². The van der Waals surface area contributed by atoms with Gasteiger partial charge < -0.3 is 15.8 Å². The predicted octanol–water partition coefficient (Wildman–Crippen LogP) is 2.75. The Morgan fingerprint density at radius 2 is 2.12 bits per heavy atom. The Morgan fingerprint density at radius 1 is 1.44 bits per heavy atom. The van der Waals surface area contributed by atoms with Crippen molar-refractivity contribution in [2.24, 2.45) is 11.1 Å². The number of ether oxygens (including phenoxy) is 1. The lowest BCUT2D eigenvalue weighted by molar-refractivity contribution is 0.405. The number of hydrogen-bond donors (Lipinski definition) is 2. The lowest BCUT2D eigenvalue weighted by atomic mass is 9.94. The molecule has 1 rings (SSSR count). The van der Waals surface area contributed by atoms with Gasteiger partial charge in [0.25, 0.3) is 0 Å². The topological polar surface area (TPSA) is 47.3 Å². The van der Waals surface area contributed by atoms with Crippen LogP contribution in [0, 0.1) is 5.41 Å². The minimum Gasteiger partial charge on any atom is -0.497 e. The van der Waals surface area contributed by atoms with Gasteiger partial charge in [-0.15, -0.1) is 0 Å². The van der Waals surface area contributed by atoms with E-state index in [2.05, 4.69) is 19.2 Å². The van der Waals surface area contributed by atoms with Gasteiger partial charge in [0, 0.05) is 12.6 Å². The van der Waals surface area contributed by atoms with E-state index in [0.717, 1.165) is 18.0 Å². The van der Waals surface area contributed by atoms with Crippen LogP contribution in [-0.2, 0) is 0 Å². The third-order valence-corrected chi connectivity index (χ3v) is 2.80. The Balaban J connectivity index is 2.68. The second-order valence-electron chi connectivity index (χ2n) is 4.57. The van der Waals surface area contributed by atoms with Crippen molar-refractivity contribution in [3.8, 4) is 5.75 Å². The highest BCUT2D eigenvalue weighted by atomic mass is 35.5. The van der Waals surface area contributed by atoms with Crippen molar-refractivity contribution < 1.29 is 4.74 Å². The predicted molar refractivity (Wildman–Crippen MR) is 69.3 cm³/mol. The summed E-state index contributed by atoms with van der Waals surface area (Å²) in [4.78, 5) is 0. The van der Waals surface area contributed by atoms with Crippen LogP contribution in [0.4, 0.5) is 5.69 Å². The number of halogens is 1. The van der Waals surface area contributed by atoms with Gasteiger partial charge in [-0.3, -0.25) is 0 Å². The minimum absolute atomic E-state index is 0.0588. The summed E-state index contributed by atoms with van der Waals surface area (Å²) in [6.45, 7) is 5.64. The summed E-state index contributed by atoms with van der Waals surface area (Å²) in [5, 5.41) is 3.95. The molecule has 0 spiro atoms. The highest BCUT2D eigenvalue weighted by Crippen LogP contribution is 2.27. The Hall–Kier alpha value is -0.930. The number of nitrogens with two attached hydrogens (primary N) is 1. The van der Waals surface area contributed by atoms with Gasteiger partial charge in [0.1, 0.15) is 5.75 Å². The molecule has 4 heteroatoms. The van der Waals surface area contributed by atoms with E-state index in [1.165, 1.54) is 0 Å². The van der Waals surface area contributed by atoms with E-state index in [4.69, 9.17) is 22.1 Å². The third-order valence-electron chi connectivity index (χ3n) is 2.49. The van der Waals surface area contributed by atoms with E-state index in [9.17, 15) is 0 Å². The molecule has 1 aromatic rings. The molecule has 3 N–H and O–H groups in total. The second kappa shape index (κ2) is 5.41. The zero-order valence-electron chi connectivity index (χ0n) is 10.0. The van der Waals surface area contributed by atoms with Crippen LogP contribution >= 0.6 is 11.6 Å². The van der Waals surface area contributed by atoms with Crippen LogP contribution in [0.3, 0.4) is 0 Å². The molecule has 90 valence electrons. The van der Waals surface area contributed by atoms with E-state index in [1.807, 2.05) is 12.1 Å². The summed E-state index contributed by atoms with van der Waals surface area (Å²) in [5.74, 6) is 0.758. The van der Waals surface area contributed by atoms with Crippen LogP contribution < -0.4 is 15.8 Å². The molecule has 0 aliphatic heterocycles. The van der Waals surface area contributed by atoms with Crippen LogP contribution in [0.5, 0.6) is 5.75 Å².